The number of hydrogen-bond donors (Lipinski definition) is 0. The quantitative estimate of drug-likeness (QED) is 0.810. The third-order valence-electron chi connectivity index (χ3n) is 3.95. The molecule has 23 heavy (non-hydrogen) atoms. The summed E-state index contributed by atoms with van der Waals surface area (Å²) in [7, 11) is 0. The second-order valence-corrected chi connectivity index (χ2v) is 5.48. The Morgan fingerprint density at radius 2 is 2.22 bits per heavy atom. The van der Waals surface area contributed by atoms with Crippen molar-refractivity contribution in [1.82, 2.24) is 14.8 Å². The molecule has 0 saturated carbocycles. The molecule has 1 aromatic heterocycles. The maximum absolute atomic E-state index is 14.3. The highest BCUT2D eigenvalue weighted by molar-refractivity contribution is 5.73. The molecule has 0 radical (unpaired) electrons. The highest BCUT2D eigenvalue weighted by Gasteiger charge is 2.27. The van der Waals surface area contributed by atoms with E-state index < -0.39 is 11.9 Å². The van der Waals surface area contributed by atoms with E-state index >= 15 is 0 Å². The highest BCUT2D eigenvalue weighted by atomic mass is 19.1. The maximum Gasteiger partial charge on any atom is 0.309 e. The summed E-state index contributed by atoms with van der Waals surface area (Å²) >= 11 is 0. The molecule has 0 amide bonds. The van der Waals surface area contributed by atoms with Crippen LogP contribution in [0.4, 0.5) is 4.39 Å². The van der Waals surface area contributed by atoms with Gasteiger partial charge in [0.25, 0.3) is 0 Å². The normalized spacial score (nSPS) is 17.0. The molecule has 0 unspecified atom stereocenters. The van der Waals surface area contributed by atoms with E-state index in [-0.39, 0.29) is 11.9 Å². The summed E-state index contributed by atoms with van der Waals surface area (Å²) in [6, 6.07) is 4.64. The minimum absolute atomic E-state index is 0.187. The van der Waals surface area contributed by atoms with Crippen molar-refractivity contribution in [3.05, 3.63) is 42.2 Å². The number of carbonyl (C=O) groups is 1. The summed E-state index contributed by atoms with van der Waals surface area (Å²) in [5.74, 6) is -0.938. The number of aromatic nitrogens is 3. The van der Waals surface area contributed by atoms with Crippen LogP contribution in [0.5, 0.6) is 0 Å². The van der Waals surface area contributed by atoms with Gasteiger partial charge in [-0.05, 0) is 31.9 Å². The Hall–Kier alpha value is -2.28. The molecular formula is C16H18FN3O3. The average molecular weight is 319 g/mol. The van der Waals surface area contributed by atoms with Crippen LogP contribution in [0.1, 0.15) is 31.4 Å². The summed E-state index contributed by atoms with van der Waals surface area (Å²) in [6.45, 7) is 2.77. The third-order valence-corrected chi connectivity index (χ3v) is 3.95. The predicted octanol–water partition coefficient (Wildman–Crippen LogP) is 2.44. The lowest BCUT2D eigenvalue weighted by Crippen LogP contribution is -2.26. The molecule has 1 aromatic carbocycles. The molecule has 0 spiro atoms. The Balaban J connectivity index is 1.81. The van der Waals surface area contributed by atoms with Crippen molar-refractivity contribution < 1.29 is 18.7 Å². The molecule has 0 N–H and O–H groups in total. The number of rotatable bonds is 4. The molecule has 3 rings (SSSR count). The van der Waals surface area contributed by atoms with Crippen LogP contribution < -0.4 is 0 Å². The van der Waals surface area contributed by atoms with E-state index in [0.29, 0.717) is 37.3 Å². The predicted molar refractivity (Wildman–Crippen MR) is 79.4 cm³/mol. The van der Waals surface area contributed by atoms with Gasteiger partial charge in [-0.1, -0.05) is 6.07 Å². The van der Waals surface area contributed by atoms with E-state index in [1.165, 1.54) is 23.4 Å². The summed E-state index contributed by atoms with van der Waals surface area (Å²) in [5.41, 5.74) is 0.799. The van der Waals surface area contributed by atoms with Gasteiger partial charge in [0.2, 0.25) is 0 Å². The SMILES string of the molecule is C[C@H](OC(=O)C1CCOCC1)c1c(F)cccc1-n1cncn1. The van der Waals surface area contributed by atoms with Crippen molar-refractivity contribution in [2.75, 3.05) is 13.2 Å². The first-order valence-electron chi connectivity index (χ1n) is 7.58. The molecule has 0 bridgehead atoms. The monoisotopic (exact) mass is 319 g/mol. The Morgan fingerprint density at radius 1 is 1.43 bits per heavy atom. The van der Waals surface area contributed by atoms with Gasteiger partial charge in [-0.25, -0.2) is 14.1 Å². The molecular weight excluding hydrogens is 301 g/mol. The van der Waals surface area contributed by atoms with Crippen LogP contribution in [0.25, 0.3) is 5.69 Å². The van der Waals surface area contributed by atoms with Crippen molar-refractivity contribution in [3.63, 3.8) is 0 Å². The number of nitrogens with zero attached hydrogens (tertiary/aromatic N) is 3. The molecule has 1 aliphatic heterocycles. The molecule has 2 heterocycles. The fraction of sp³-hybridized carbons (Fsp3) is 0.438. The van der Waals surface area contributed by atoms with E-state index in [1.807, 2.05) is 0 Å². The fourth-order valence-corrected chi connectivity index (χ4v) is 2.72. The molecule has 1 fully saturated rings. The van der Waals surface area contributed by atoms with Gasteiger partial charge in [-0.3, -0.25) is 4.79 Å². The highest BCUT2D eigenvalue weighted by Crippen LogP contribution is 2.28. The van der Waals surface area contributed by atoms with Gasteiger partial charge in [0.05, 0.1) is 17.2 Å². The zero-order chi connectivity index (χ0) is 16.2. The zero-order valence-electron chi connectivity index (χ0n) is 12.8. The maximum atomic E-state index is 14.3. The standard InChI is InChI=1S/C16H18FN3O3/c1-11(23-16(21)12-5-7-22-8-6-12)15-13(17)3-2-4-14(15)20-10-18-9-19-20/h2-4,9-12H,5-8H2,1H3/t11-/m0/s1. The Morgan fingerprint density at radius 3 is 2.91 bits per heavy atom. The number of esters is 1. The van der Waals surface area contributed by atoms with E-state index in [2.05, 4.69) is 10.1 Å². The van der Waals surface area contributed by atoms with Crippen molar-refractivity contribution in [1.29, 1.82) is 0 Å². The molecule has 122 valence electrons. The van der Waals surface area contributed by atoms with Crippen molar-refractivity contribution in [2.45, 2.75) is 25.9 Å². The second kappa shape index (κ2) is 6.87. The van der Waals surface area contributed by atoms with E-state index in [1.54, 1.807) is 19.1 Å². The first-order chi connectivity index (χ1) is 11.2. The summed E-state index contributed by atoms with van der Waals surface area (Å²) in [4.78, 5) is 16.1. The Bertz CT molecular complexity index is 669. The number of hydrogen-bond acceptors (Lipinski definition) is 5. The minimum Gasteiger partial charge on any atom is -0.457 e. The lowest BCUT2D eigenvalue weighted by atomic mass is 10.0. The van der Waals surface area contributed by atoms with Gasteiger partial charge in [-0.15, -0.1) is 0 Å². The lowest BCUT2D eigenvalue weighted by Gasteiger charge is -2.24. The van der Waals surface area contributed by atoms with Gasteiger partial charge < -0.3 is 9.47 Å². The molecule has 7 heteroatoms. The number of halogens is 1. The summed E-state index contributed by atoms with van der Waals surface area (Å²) in [6.07, 6.45) is 3.40. The Kier molecular flexibility index (Phi) is 4.66. The van der Waals surface area contributed by atoms with Crippen LogP contribution >= 0.6 is 0 Å². The third kappa shape index (κ3) is 3.39. The molecule has 1 saturated heterocycles. The molecule has 2 aromatic rings. The number of ether oxygens (including phenoxy) is 2. The van der Waals surface area contributed by atoms with Crippen LogP contribution in [0.3, 0.4) is 0 Å². The smallest absolute Gasteiger partial charge is 0.309 e. The van der Waals surface area contributed by atoms with E-state index in [4.69, 9.17) is 9.47 Å². The second-order valence-electron chi connectivity index (χ2n) is 5.48. The average Bonchev–Trinajstić information content (AvgIpc) is 3.09. The van der Waals surface area contributed by atoms with Gasteiger partial charge >= 0.3 is 5.97 Å². The lowest BCUT2D eigenvalue weighted by molar-refractivity contribution is -0.156. The first-order valence-corrected chi connectivity index (χ1v) is 7.58. The largest absolute Gasteiger partial charge is 0.457 e. The van der Waals surface area contributed by atoms with E-state index in [9.17, 15) is 9.18 Å². The first kappa shape index (κ1) is 15.6. The molecule has 1 aliphatic rings. The van der Waals surface area contributed by atoms with Crippen molar-refractivity contribution in [3.8, 4) is 5.69 Å². The molecule has 0 aliphatic carbocycles. The van der Waals surface area contributed by atoms with Crippen LogP contribution in [0.2, 0.25) is 0 Å². The van der Waals surface area contributed by atoms with Gasteiger partial charge in [-0.2, -0.15) is 5.10 Å². The number of benzene rings is 1. The van der Waals surface area contributed by atoms with Crippen LogP contribution in [-0.2, 0) is 14.3 Å². The van der Waals surface area contributed by atoms with Gasteiger partial charge in [0, 0.05) is 13.2 Å². The zero-order valence-corrected chi connectivity index (χ0v) is 12.8. The number of carbonyl (C=O) groups excluding carboxylic acids is 1. The van der Waals surface area contributed by atoms with Gasteiger partial charge in [0.15, 0.2) is 0 Å². The summed E-state index contributed by atoms with van der Waals surface area (Å²) < 4.78 is 26.5. The van der Waals surface area contributed by atoms with E-state index in [0.717, 1.165) is 0 Å². The fourth-order valence-electron chi connectivity index (χ4n) is 2.72. The minimum atomic E-state index is -0.717. The molecule has 1 atom stereocenters. The Labute approximate surface area is 133 Å². The molecule has 6 nitrogen and oxygen atoms in total. The van der Waals surface area contributed by atoms with Crippen molar-refractivity contribution in [2.24, 2.45) is 5.92 Å². The van der Waals surface area contributed by atoms with Crippen LogP contribution in [-0.4, -0.2) is 33.9 Å². The van der Waals surface area contributed by atoms with Crippen molar-refractivity contribution >= 4 is 5.97 Å². The summed E-state index contributed by atoms with van der Waals surface area (Å²) in [5, 5.41) is 4.02. The topological polar surface area (TPSA) is 66.2 Å². The van der Waals surface area contributed by atoms with Crippen LogP contribution in [0, 0.1) is 11.7 Å². The van der Waals surface area contributed by atoms with Crippen LogP contribution in [0.15, 0.2) is 30.9 Å². The van der Waals surface area contributed by atoms with Gasteiger partial charge in [0.1, 0.15) is 24.6 Å².